The molecule has 1 heterocycles. The van der Waals surface area contributed by atoms with E-state index < -0.39 is 17.4 Å². The van der Waals surface area contributed by atoms with Gasteiger partial charge in [-0.3, -0.25) is 14.9 Å². The number of benzene rings is 3. The first-order valence-corrected chi connectivity index (χ1v) is 8.92. The van der Waals surface area contributed by atoms with Gasteiger partial charge in [0.05, 0.1) is 11.1 Å². The van der Waals surface area contributed by atoms with Crippen LogP contribution in [0.2, 0.25) is 0 Å². The fraction of sp³-hybridized carbons (Fsp3) is 0.136. The molecule has 0 aromatic heterocycles. The van der Waals surface area contributed by atoms with Crippen LogP contribution in [0.4, 0.5) is 16.2 Å². The second-order valence-corrected chi connectivity index (χ2v) is 7.27. The summed E-state index contributed by atoms with van der Waals surface area (Å²) in [5.74, 6) is -0.795. The van der Waals surface area contributed by atoms with Crippen LogP contribution >= 0.6 is 0 Å². The van der Waals surface area contributed by atoms with Gasteiger partial charge in [-0.2, -0.15) is 0 Å². The average molecular weight is 373 g/mol. The zero-order valence-corrected chi connectivity index (χ0v) is 15.5. The van der Waals surface area contributed by atoms with Gasteiger partial charge in [0.25, 0.3) is 5.91 Å². The van der Waals surface area contributed by atoms with Crippen molar-refractivity contribution in [3.8, 4) is 0 Å². The third-order valence-corrected chi connectivity index (χ3v) is 5.03. The van der Waals surface area contributed by atoms with E-state index in [1.165, 1.54) is 0 Å². The summed E-state index contributed by atoms with van der Waals surface area (Å²) in [6, 6.07) is 18.0. The van der Waals surface area contributed by atoms with Crippen molar-refractivity contribution in [1.29, 1.82) is 0 Å². The predicted octanol–water partition coefficient (Wildman–Crippen LogP) is 4.03. The van der Waals surface area contributed by atoms with Gasteiger partial charge in [0.15, 0.2) is 0 Å². The Labute approximate surface area is 161 Å². The van der Waals surface area contributed by atoms with E-state index in [0.717, 1.165) is 10.8 Å². The first-order chi connectivity index (χ1) is 13.4. The molecule has 3 aromatic carbocycles. The highest BCUT2D eigenvalue weighted by Crippen LogP contribution is 2.32. The molecule has 0 atom stereocenters. The molecule has 0 fully saturated rings. The molecule has 0 saturated heterocycles. The van der Waals surface area contributed by atoms with Crippen LogP contribution in [0.5, 0.6) is 0 Å². The van der Waals surface area contributed by atoms with Gasteiger partial charge in [-0.15, -0.1) is 0 Å². The number of nitrogens with one attached hydrogen (secondary N) is 3. The summed E-state index contributed by atoms with van der Waals surface area (Å²) in [6.45, 7) is 3.52. The van der Waals surface area contributed by atoms with Crippen LogP contribution in [-0.2, 0) is 10.2 Å². The predicted molar refractivity (Wildman–Crippen MR) is 109 cm³/mol. The van der Waals surface area contributed by atoms with Crippen molar-refractivity contribution in [3.63, 3.8) is 0 Å². The number of hydrogen-bond donors (Lipinski definition) is 3. The molecule has 6 nitrogen and oxygen atoms in total. The topological polar surface area (TPSA) is 87.3 Å². The summed E-state index contributed by atoms with van der Waals surface area (Å²) in [7, 11) is 0. The van der Waals surface area contributed by atoms with Crippen LogP contribution in [0.1, 0.15) is 29.8 Å². The largest absolute Gasteiger partial charge is 0.323 e. The quantitative estimate of drug-likeness (QED) is 0.593. The molecule has 3 N–H and O–H groups in total. The lowest BCUT2D eigenvalue weighted by molar-refractivity contribution is -0.125. The minimum atomic E-state index is -0.813. The highest BCUT2D eigenvalue weighted by molar-refractivity contribution is 6.14. The van der Waals surface area contributed by atoms with Crippen molar-refractivity contribution in [2.45, 2.75) is 19.3 Å². The number of anilines is 2. The number of rotatable bonds is 2. The first kappa shape index (κ1) is 17.7. The molecule has 0 unspecified atom stereocenters. The van der Waals surface area contributed by atoms with E-state index in [2.05, 4.69) is 16.0 Å². The molecule has 1 aliphatic rings. The summed E-state index contributed by atoms with van der Waals surface area (Å²) in [5.41, 5.74) is 1.37. The molecule has 3 aromatic rings. The van der Waals surface area contributed by atoms with Gasteiger partial charge in [0, 0.05) is 16.6 Å². The van der Waals surface area contributed by atoms with Crippen molar-refractivity contribution in [2.24, 2.45) is 0 Å². The third-order valence-electron chi connectivity index (χ3n) is 5.03. The summed E-state index contributed by atoms with van der Waals surface area (Å²) in [4.78, 5) is 36.7. The smallest absolute Gasteiger partial charge is 0.308 e. The minimum absolute atomic E-state index is 0.334. The number of hydrogen-bond acceptors (Lipinski definition) is 3. The van der Waals surface area contributed by atoms with Crippen LogP contribution in [0.25, 0.3) is 10.8 Å². The monoisotopic (exact) mass is 373 g/mol. The van der Waals surface area contributed by atoms with Gasteiger partial charge in [-0.25, -0.2) is 4.79 Å². The normalized spacial score (nSPS) is 14.9. The van der Waals surface area contributed by atoms with E-state index >= 15 is 0 Å². The summed E-state index contributed by atoms with van der Waals surface area (Å²) in [5, 5.41) is 9.91. The number of carbonyl (C=O) groups is 3. The molecule has 140 valence electrons. The second kappa shape index (κ2) is 6.49. The molecule has 0 spiro atoms. The molecule has 0 aliphatic carbocycles. The molecule has 0 bridgehead atoms. The van der Waals surface area contributed by atoms with E-state index in [4.69, 9.17) is 0 Å². The maximum absolute atomic E-state index is 12.5. The fourth-order valence-electron chi connectivity index (χ4n) is 3.42. The molecule has 0 saturated carbocycles. The Morgan fingerprint density at radius 3 is 2.50 bits per heavy atom. The molecular formula is C22H19N3O3. The Morgan fingerprint density at radius 2 is 1.68 bits per heavy atom. The Kier molecular flexibility index (Phi) is 4.11. The Balaban J connectivity index is 1.58. The van der Waals surface area contributed by atoms with E-state index in [0.29, 0.717) is 22.5 Å². The van der Waals surface area contributed by atoms with E-state index in [9.17, 15) is 14.4 Å². The van der Waals surface area contributed by atoms with Crippen LogP contribution in [-0.4, -0.2) is 17.8 Å². The van der Waals surface area contributed by atoms with Crippen molar-refractivity contribution in [2.75, 3.05) is 10.6 Å². The third kappa shape index (κ3) is 2.99. The number of carbonyl (C=O) groups excluding carboxylic acids is 3. The van der Waals surface area contributed by atoms with E-state index in [1.54, 1.807) is 32.0 Å². The zero-order chi connectivity index (χ0) is 19.9. The fourth-order valence-corrected chi connectivity index (χ4v) is 3.42. The van der Waals surface area contributed by atoms with Crippen LogP contribution in [0, 0.1) is 0 Å². The van der Waals surface area contributed by atoms with E-state index in [-0.39, 0.29) is 5.91 Å². The Hall–Kier alpha value is -3.67. The highest BCUT2D eigenvalue weighted by Gasteiger charge is 2.39. The molecule has 0 radical (unpaired) electrons. The van der Waals surface area contributed by atoms with Crippen molar-refractivity contribution < 1.29 is 14.4 Å². The molecule has 4 amide bonds. The molecule has 6 heteroatoms. The standard InChI is InChI=1S/C22H19N3O3/c1-22(2)17-11-10-14(12-16(17)19(26)25-20(22)27)23-21(28)24-18-9-5-7-13-6-3-4-8-15(13)18/h3-12H,1-2H3,(H2,23,24,28)(H,25,26,27). The minimum Gasteiger partial charge on any atom is -0.308 e. The lowest BCUT2D eigenvalue weighted by atomic mass is 9.78. The summed E-state index contributed by atoms with van der Waals surface area (Å²) in [6.07, 6.45) is 0. The lowest BCUT2D eigenvalue weighted by Gasteiger charge is -2.30. The average Bonchev–Trinajstić information content (AvgIpc) is 2.67. The maximum atomic E-state index is 12.5. The zero-order valence-electron chi connectivity index (χ0n) is 15.5. The van der Waals surface area contributed by atoms with Crippen molar-refractivity contribution >= 4 is 40.0 Å². The Morgan fingerprint density at radius 1 is 0.929 bits per heavy atom. The van der Waals surface area contributed by atoms with Gasteiger partial charge in [-0.05, 0) is 43.0 Å². The van der Waals surface area contributed by atoms with Gasteiger partial charge >= 0.3 is 6.03 Å². The highest BCUT2D eigenvalue weighted by atomic mass is 16.2. The Bertz CT molecular complexity index is 1130. The van der Waals surface area contributed by atoms with Crippen molar-refractivity contribution in [1.82, 2.24) is 5.32 Å². The van der Waals surface area contributed by atoms with Crippen LogP contribution < -0.4 is 16.0 Å². The number of fused-ring (bicyclic) bond motifs is 2. The second-order valence-electron chi connectivity index (χ2n) is 7.27. The first-order valence-electron chi connectivity index (χ1n) is 8.92. The van der Waals surface area contributed by atoms with Gasteiger partial charge in [0.1, 0.15) is 0 Å². The number of amides is 4. The summed E-state index contributed by atoms with van der Waals surface area (Å²) < 4.78 is 0. The van der Waals surface area contributed by atoms with E-state index in [1.807, 2.05) is 42.5 Å². The van der Waals surface area contributed by atoms with Gasteiger partial charge in [0.2, 0.25) is 5.91 Å². The van der Waals surface area contributed by atoms with Gasteiger partial charge < -0.3 is 10.6 Å². The SMILES string of the molecule is CC1(C)C(=O)NC(=O)c2cc(NC(=O)Nc3cccc4ccccc34)ccc21. The maximum Gasteiger partial charge on any atom is 0.323 e. The summed E-state index contributed by atoms with van der Waals surface area (Å²) >= 11 is 0. The van der Waals surface area contributed by atoms with Crippen molar-refractivity contribution in [3.05, 3.63) is 71.8 Å². The molecular weight excluding hydrogens is 354 g/mol. The number of urea groups is 1. The molecule has 28 heavy (non-hydrogen) atoms. The van der Waals surface area contributed by atoms with Crippen LogP contribution in [0.15, 0.2) is 60.7 Å². The molecule has 4 rings (SSSR count). The van der Waals surface area contributed by atoms with Gasteiger partial charge in [-0.1, -0.05) is 42.5 Å². The molecule has 1 aliphatic heterocycles. The van der Waals surface area contributed by atoms with Crippen LogP contribution in [0.3, 0.4) is 0 Å². The number of imide groups is 1. The lowest BCUT2D eigenvalue weighted by Crippen LogP contribution is -2.48.